The molecule has 4 atom stereocenters. The maximum absolute atomic E-state index is 15.5. The quantitative estimate of drug-likeness (QED) is 0.419. The highest BCUT2D eigenvalue weighted by Crippen LogP contribution is 2.49. The van der Waals surface area contributed by atoms with Crippen molar-refractivity contribution >= 4 is 10.8 Å². The molecule has 4 rings (SSSR count). The Morgan fingerprint density at radius 3 is 2.52 bits per heavy atom. The van der Waals surface area contributed by atoms with E-state index in [0.717, 1.165) is 31.6 Å². The number of allylic oxidation sites excluding steroid dienone is 1. The summed E-state index contributed by atoms with van der Waals surface area (Å²) in [6.07, 6.45) is 12.4. The average Bonchev–Trinajstić information content (AvgIpc) is 2.73. The Balaban J connectivity index is 1.58. The van der Waals surface area contributed by atoms with Crippen LogP contribution < -0.4 is 4.74 Å². The lowest BCUT2D eigenvalue weighted by Crippen LogP contribution is -2.31. The Labute approximate surface area is 183 Å². The predicted octanol–water partition coefficient (Wildman–Crippen LogP) is 8.31. The monoisotopic (exact) mass is 430 g/mol. The molecule has 2 fully saturated rings. The third kappa shape index (κ3) is 4.63. The molecule has 0 amide bonds. The largest absolute Gasteiger partial charge is 0.489 e. The molecule has 0 saturated heterocycles. The normalized spacial score (nSPS) is 26.4. The number of ether oxygens (including phenoxy) is 1. The summed E-state index contributed by atoms with van der Waals surface area (Å²) in [7, 11) is 0. The van der Waals surface area contributed by atoms with Gasteiger partial charge in [0, 0.05) is 11.6 Å². The number of benzene rings is 2. The van der Waals surface area contributed by atoms with Gasteiger partial charge in [-0.3, -0.25) is 0 Å². The van der Waals surface area contributed by atoms with E-state index in [4.69, 9.17) is 4.74 Å². The van der Waals surface area contributed by atoms with Gasteiger partial charge in [-0.15, -0.1) is 0 Å². The zero-order valence-corrected chi connectivity index (χ0v) is 18.6. The lowest BCUT2D eigenvalue weighted by Gasteiger charge is -2.42. The second kappa shape index (κ2) is 9.67. The highest BCUT2D eigenvalue weighted by molar-refractivity contribution is 5.86. The van der Waals surface area contributed by atoms with Gasteiger partial charge >= 0.3 is 0 Å². The molecule has 0 radical (unpaired) electrons. The first kappa shape index (κ1) is 22.2. The molecule has 31 heavy (non-hydrogen) atoms. The molecule has 0 spiro atoms. The minimum absolute atomic E-state index is 0.0862. The van der Waals surface area contributed by atoms with Gasteiger partial charge in [-0.2, -0.15) is 0 Å². The van der Waals surface area contributed by atoms with Crippen molar-refractivity contribution in [2.24, 2.45) is 17.8 Å². The molecule has 0 bridgehead atoms. The van der Waals surface area contributed by atoms with Gasteiger partial charge in [0.15, 0.2) is 0 Å². The SMILES string of the molecule is C/C=C/COc1cc(F)c2c(F)c([C@@H]3CC[C@@H]4CC(CCC)CCC4C3)c(F)cc2c1. The molecule has 2 aromatic rings. The summed E-state index contributed by atoms with van der Waals surface area (Å²) in [5, 5.41) is 0.0894. The Hall–Kier alpha value is -1.97. The van der Waals surface area contributed by atoms with Crippen LogP contribution >= 0.6 is 0 Å². The maximum atomic E-state index is 15.5. The molecule has 0 aromatic heterocycles. The standard InChI is InChI=1S/C27H33F3O/c1-3-5-11-31-22-14-21-15-23(28)25(27(30)26(21)24(29)16-22)20-10-9-18-12-17(6-4-2)7-8-19(18)13-20/h3,5,14-20H,4,6-13H2,1-2H3/b5-3+/t17?,18-,19?,20-/m1/s1. The van der Waals surface area contributed by atoms with Crippen LogP contribution in [0.5, 0.6) is 5.75 Å². The van der Waals surface area contributed by atoms with Crippen LogP contribution in [0.2, 0.25) is 0 Å². The van der Waals surface area contributed by atoms with E-state index in [1.807, 2.05) is 13.0 Å². The summed E-state index contributed by atoms with van der Waals surface area (Å²) in [5.74, 6) is 0.164. The van der Waals surface area contributed by atoms with Crippen molar-refractivity contribution in [3.8, 4) is 5.75 Å². The molecule has 168 valence electrons. The molecule has 0 heterocycles. The Morgan fingerprint density at radius 1 is 0.968 bits per heavy atom. The molecule has 2 aromatic carbocycles. The third-order valence-corrected chi connectivity index (χ3v) is 7.50. The van der Waals surface area contributed by atoms with E-state index in [1.165, 1.54) is 43.9 Å². The van der Waals surface area contributed by atoms with Crippen LogP contribution in [-0.4, -0.2) is 6.61 Å². The van der Waals surface area contributed by atoms with E-state index >= 15 is 8.78 Å². The maximum Gasteiger partial charge on any atom is 0.140 e. The van der Waals surface area contributed by atoms with E-state index in [0.29, 0.717) is 11.8 Å². The van der Waals surface area contributed by atoms with Crippen molar-refractivity contribution in [3.05, 3.63) is 53.4 Å². The van der Waals surface area contributed by atoms with Crippen LogP contribution in [0.4, 0.5) is 13.2 Å². The van der Waals surface area contributed by atoms with Gasteiger partial charge in [0.25, 0.3) is 0 Å². The molecule has 2 aliphatic rings. The molecule has 4 heteroatoms. The van der Waals surface area contributed by atoms with Gasteiger partial charge < -0.3 is 4.74 Å². The number of rotatable bonds is 6. The fourth-order valence-electron chi connectivity index (χ4n) is 6.02. The van der Waals surface area contributed by atoms with Crippen LogP contribution in [0, 0.1) is 35.2 Å². The summed E-state index contributed by atoms with van der Waals surface area (Å²) in [6, 6.07) is 4.00. The summed E-state index contributed by atoms with van der Waals surface area (Å²) in [6.45, 7) is 4.39. The zero-order valence-electron chi connectivity index (χ0n) is 18.6. The minimum Gasteiger partial charge on any atom is -0.489 e. The fraction of sp³-hybridized carbons (Fsp3) is 0.556. The van der Waals surface area contributed by atoms with Crippen molar-refractivity contribution in [2.45, 2.75) is 71.1 Å². The van der Waals surface area contributed by atoms with E-state index in [2.05, 4.69) is 6.92 Å². The summed E-state index contributed by atoms with van der Waals surface area (Å²) in [4.78, 5) is 0. The first-order valence-electron chi connectivity index (χ1n) is 11.9. The summed E-state index contributed by atoms with van der Waals surface area (Å²) < 4.78 is 50.9. The van der Waals surface area contributed by atoms with E-state index in [9.17, 15) is 4.39 Å². The van der Waals surface area contributed by atoms with Crippen molar-refractivity contribution in [1.29, 1.82) is 0 Å². The minimum atomic E-state index is -0.726. The van der Waals surface area contributed by atoms with Crippen LogP contribution in [-0.2, 0) is 0 Å². The fourth-order valence-corrected chi connectivity index (χ4v) is 6.02. The predicted molar refractivity (Wildman–Crippen MR) is 120 cm³/mol. The first-order valence-corrected chi connectivity index (χ1v) is 11.9. The first-order chi connectivity index (χ1) is 15.0. The van der Waals surface area contributed by atoms with Crippen molar-refractivity contribution in [1.82, 2.24) is 0 Å². The molecular formula is C27H33F3O. The second-order valence-corrected chi connectivity index (χ2v) is 9.47. The lowest BCUT2D eigenvalue weighted by molar-refractivity contribution is 0.112. The Bertz CT molecular complexity index is 951. The number of fused-ring (bicyclic) bond motifs is 2. The van der Waals surface area contributed by atoms with Crippen LogP contribution in [0.15, 0.2) is 30.4 Å². The summed E-state index contributed by atoms with van der Waals surface area (Å²) >= 11 is 0. The average molecular weight is 431 g/mol. The number of hydrogen-bond donors (Lipinski definition) is 0. The van der Waals surface area contributed by atoms with Gasteiger partial charge in [-0.25, -0.2) is 13.2 Å². The van der Waals surface area contributed by atoms with Crippen LogP contribution in [0.3, 0.4) is 0 Å². The molecule has 0 aliphatic heterocycles. The summed E-state index contributed by atoms with van der Waals surface area (Å²) in [5.41, 5.74) is 0.0862. The Morgan fingerprint density at radius 2 is 1.74 bits per heavy atom. The Kier molecular flexibility index (Phi) is 6.93. The molecule has 2 saturated carbocycles. The topological polar surface area (TPSA) is 9.23 Å². The highest BCUT2D eigenvalue weighted by atomic mass is 19.1. The van der Waals surface area contributed by atoms with Crippen LogP contribution in [0.1, 0.15) is 76.7 Å². The van der Waals surface area contributed by atoms with E-state index < -0.39 is 17.5 Å². The molecular weight excluding hydrogens is 397 g/mol. The van der Waals surface area contributed by atoms with Crippen molar-refractivity contribution in [2.75, 3.05) is 6.61 Å². The molecule has 2 unspecified atom stereocenters. The number of hydrogen-bond acceptors (Lipinski definition) is 1. The van der Waals surface area contributed by atoms with E-state index in [-0.39, 0.29) is 34.6 Å². The molecule has 0 N–H and O–H groups in total. The zero-order chi connectivity index (χ0) is 22.0. The lowest BCUT2D eigenvalue weighted by atomic mass is 9.63. The highest BCUT2D eigenvalue weighted by Gasteiger charge is 2.37. The molecule has 1 nitrogen and oxygen atoms in total. The second-order valence-electron chi connectivity index (χ2n) is 9.47. The van der Waals surface area contributed by atoms with Gasteiger partial charge in [0.1, 0.15) is 29.8 Å². The number of halogens is 3. The van der Waals surface area contributed by atoms with Gasteiger partial charge in [0.2, 0.25) is 0 Å². The van der Waals surface area contributed by atoms with Gasteiger partial charge in [0.05, 0.1) is 5.39 Å². The van der Waals surface area contributed by atoms with Gasteiger partial charge in [-0.05, 0) is 80.2 Å². The third-order valence-electron chi connectivity index (χ3n) is 7.50. The van der Waals surface area contributed by atoms with Crippen LogP contribution in [0.25, 0.3) is 10.8 Å². The van der Waals surface area contributed by atoms with Crippen molar-refractivity contribution in [3.63, 3.8) is 0 Å². The van der Waals surface area contributed by atoms with E-state index in [1.54, 1.807) is 6.08 Å². The van der Waals surface area contributed by atoms with Gasteiger partial charge in [-0.1, -0.05) is 38.3 Å². The molecule has 2 aliphatic carbocycles. The smallest absolute Gasteiger partial charge is 0.140 e. The van der Waals surface area contributed by atoms with Crippen molar-refractivity contribution < 1.29 is 17.9 Å².